The zero-order valence-corrected chi connectivity index (χ0v) is 17.0. The van der Waals surface area contributed by atoms with E-state index in [2.05, 4.69) is 23.6 Å². The predicted octanol–water partition coefficient (Wildman–Crippen LogP) is 6.11. The first kappa shape index (κ1) is 22.0. The van der Waals surface area contributed by atoms with Crippen molar-refractivity contribution in [3.8, 4) is 0 Å². The second kappa shape index (κ2) is 16.4. The Morgan fingerprint density at radius 3 is 1.04 bits per heavy atom. The van der Waals surface area contributed by atoms with Crippen molar-refractivity contribution in [2.45, 2.75) is 104 Å². The quantitative estimate of drug-likeness (QED) is 0.313. The lowest BCUT2D eigenvalue weighted by atomic mass is 10.1. The molecule has 1 fully saturated rings. The summed E-state index contributed by atoms with van der Waals surface area (Å²) in [6.45, 7) is 12.5. The summed E-state index contributed by atoms with van der Waals surface area (Å²) in [5.41, 5.74) is 0. The average molecular weight is 339 g/mol. The predicted molar refractivity (Wildman–Crippen MR) is 109 cm³/mol. The van der Waals surface area contributed by atoms with Crippen LogP contribution in [0.2, 0.25) is 0 Å². The molecular formula is C22H46N2. The molecule has 24 heavy (non-hydrogen) atoms. The van der Waals surface area contributed by atoms with Crippen LogP contribution in [0.25, 0.3) is 0 Å². The standard InChI is InChI=1S/C22H46N2/c1-3-5-7-9-11-13-15-17-23-19-21-24(22-20-23)18-16-14-12-10-8-6-4-2/h3-22H2,1-2H3. The Morgan fingerprint density at radius 1 is 0.417 bits per heavy atom. The maximum atomic E-state index is 2.70. The van der Waals surface area contributed by atoms with Crippen molar-refractivity contribution in [3.05, 3.63) is 0 Å². The SMILES string of the molecule is CCCCCCCCCN1CCN(CCCCCCCCC)CC1. The Kier molecular flexibility index (Phi) is 15.0. The van der Waals surface area contributed by atoms with Crippen molar-refractivity contribution in [2.75, 3.05) is 39.3 Å². The first-order valence-electron chi connectivity index (χ1n) is 11.3. The zero-order chi connectivity index (χ0) is 17.3. The highest BCUT2D eigenvalue weighted by molar-refractivity contribution is 4.71. The molecule has 1 aliphatic rings. The van der Waals surface area contributed by atoms with Gasteiger partial charge in [0.05, 0.1) is 0 Å². The third-order valence-corrected chi connectivity index (χ3v) is 5.62. The Hall–Kier alpha value is -0.0800. The third-order valence-electron chi connectivity index (χ3n) is 5.62. The molecule has 144 valence electrons. The van der Waals surface area contributed by atoms with E-state index in [0.717, 1.165) is 0 Å². The molecule has 0 aliphatic carbocycles. The van der Waals surface area contributed by atoms with Crippen molar-refractivity contribution in [1.82, 2.24) is 9.80 Å². The summed E-state index contributed by atoms with van der Waals surface area (Å²) >= 11 is 0. The number of unbranched alkanes of at least 4 members (excludes halogenated alkanes) is 12. The molecule has 0 aromatic carbocycles. The highest BCUT2D eigenvalue weighted by Crippen LogP contribution is 2.11. The summed E-state index contributed by atoms with van der Waals surface area (Å²) in [5, 5.41) is 0. The summed E-state index contributed by atoms with van der Waals surface area (Å²) in [6.07, 6.45) is 20.1. The highest BCUT2D eigenvalue weighted by atomic mass is 15.3. The van der Waals surface area contributed by atoms with Crippen molar-refractivity contribution in [1.29, 1.82) is 0 Å². The lowest BCUT2D eigenvalue weighted by Gasteiger charge is -2.34. The van der Waals surface area contributed by atoms with Gasteiger partial charge in [-0.2, -0.15) is 0 Å². The second-order valence-corrected chi connectivity index (χ2v) is 7.93. The lowest BCUT2D eigenvalue weighted by molar-refractivity contribution is 0.129. The Labute approximate surface area is 153 Å². The fraction of sp³-hybridized carbons (Fsp3) is 1.00. The Bertz CT molecular complexity index is 220. The number of rotatable bonds is 16. The van der Waals surface area contributed by atoms with Crippen LogP contribution in [-0.2, 0) is 0 Å². The number of hydrogen-bond acceptors (Lipinski definition) is 2. The van der Waals surface area contributed by atoms with Gasteiger partial charge in [0, 0.05) is 26.2 Å². The van der Waals surface area contributed by atoms with Crippen molar-refractivity contribution >= 4 is 0 Å². The summed E-state index contributed by atoms with van der Waals surface area (Å²) in [5.74, 6) is 0. The van der Waals surface area contributed by atoms with E-state index in [0.29, 0.717) is 0 Å². The van der Waals surface area contributed by atoms with Gasteiger partial charge < -0.3 is 9.80 Å². The Balaban J connectivity index is 1.85. The van der Waals surface area contributed by atoms with Gasteiger partial charge in [-0.25, -0.2) is 0 Å². The van der Waals surface area contributed by atoms with Gasteiger partial charge in [-0.15, -0.1) is 0 Å². The zero-order valence-electron chi connectivity index (χ0n) is 17.0. The van der Waals surface area contributed by atoms with Crippen LogP contribution in [0.15, 0.2) is 0 Å². The fourth-order valence-corrected chi connectivity index (χ4v) is 3.82. The van der Waals surface area contributed by atoms with E-state index >= 15 is 0 Å². The summed E-state index contributed by atoms with van der Waals surface area (Å²) in [4.78, 5) is 5.40. The van der Waals surface area contributed by atoms with Crippen LogP contribution < -0.4 is 0 Å². The molecule has 0 radical (unpaired) electrons. The van der Waals surface area contributed by atoms with Gasteiger partial charge >= 0.3 is 0 Å². The minimum Gasteiger partial charge on any atom is -0.301 e. The topological polar surface area (TPSA) is 6.48 Å². The molecule has 2 heteroatoms. The first-order valence-corrected chi connectivity index (χ1v) is 11.3. The van der Waals surface area contributed by atoms with Gasteiger partial charge in [-0.1, -0.05) is 90.9 Å². The normalized spacial score (nSPS) is 16.8. The number of nitrogens with zero attached hydrogens (tertiary/aromatic N) is 2. The summed E-state index contributed by atoms with van der Waals surface area (Å²) < 4.78 is 0. The molecule has 1 saturated heterocycles. The summed E-state index contributed by atoms with van der Waals surface area (Å²) in [6, 6.07) is 0. The van der Waals surface area contributed by atoms with Crippen LogP contribution >= 0.6 is 0 Å². The van der Waals surface area contributed by atoms with Gasteiger partial charge in [-0.3, -0.25) is 0 Å². The monoisotopic (exact) mass is 338 g/mol. The largest absolute Gasteiger partial charge is 0.301 e. The van der Waals surface area contributed by atoms with Crippen LogP contribution in [-0.4, -0.2) is 49.1 Å². The van der Waals surface area contributed by atoms with E-state index in [-0.39, 0.29) is 0 Å². The van der Waals surface area contributed by atoms with Gasteiger partial charge in [0.15, 0.2) is 0 Å². The van der Waals surface area contributed by atoms with Crippen molar-refractivity contribution < 1.29 is 0 Å². The van der Waals surface area contributed by atoms with E-state index in [4.69, 9.17) is 0 Å². The summed E-state index contributed by atoms with van der Waals surface area (Å²) in [7, 11) is 0. The molecule has 0 amide bonds. The lowest BCUT2D eigenvalue weighted by Crippen LogP contribution is -2.46. The number of piperazine rings is 1. The van der Waals surface area contributed by atoms with Gasteiger partial charge in [-0.05, 0) is 25.9 Å². The van der Waals surface area contributed by atoms with Gasteiger partial charge in [0.25, 0.3) is 0 Å². The fourth-order valence-electron chi connectivity index (χ4n) is 3.82. The third kappa shape index (κ3) is 12.3. The Morgan fingerprint density at radius 2 is 0.708 bits per heavy atom. The molecule has 1 rings (SSSR count). The molecule has 0 aromatic heterocycles. The molecule has 0 aromatic rings. The van der Waals surface area contributed by atoms with Crippen molar-refractivity contribution in [2.24, 2.45) is 0 Å². The average Bonchev–Trinajstić information content (AvgIpc) is 2.61. The van der Waals surface area contributed by atoms with Gasteiger partial charge in [0.2, 0.25) is 0 Å². The molecular weight excluding hydrogens is 292 g/mol. The highest BCUT2D eigenvalue weighted by Gasteiger charge is 2.15. The maximum Gasteiger partial charge on any atom is 0.0110 e. The smallest absolute Gasteiger partial charge is 0.0110 e. The van der Waals surface area contributed by atoms with E-state index in [1.807, 2.05) is 0 Å². The van der Waals surface area contributed by atoms with E-state index in [1.54, 1.807) is 0 Å². The molecule has 0 spiro atoms. The molecule has 1 aliphatic heterocycles. The molecule has 2 nitrogen and oxygen atoms in total. The van der Waals surface area contributed by atoms with Crippen LogP contribution in [0.3, 0.4) is 0 Å². The van der Waals surface area contributed by atoms with Crippen molar-refractivity contribution in [3.63, 3.8) is 0 Å². The maximum absolute atomic E-state index is 2.70. The van der Waals surface area contributed by atoms with Gasteiger partial charge in [0.1, 0.15) is 0 Å². The molecule has 0 atom stereocenters. The minimum atomic E-state index is 1.31. The molecule has 0 unspecified atom stereocenters. The molecule has 0 saturated carbocycles. The molecule has 0 N–H and O–H groups in total. The van der Waals surface area contributed by atoms with Crippen LogP contribution in [0.5, 0.6) is 0 Å². The second-order valence-electron chi connectivity index (χ2n) is 7.93. The van der Waals surface area contributed by atoms with Crippen LogP contribution in [0, 0.1) is 0 Å². The minimum absolute atomic E-state index is 1.31. The van der Waals surface area contributed by atoms with E-state index in [1.165, 1.54) is 129 Å². The van der Waals surface area contributed by atoms with E-state index in [9.17, 15) is 0 Å². The first-order chi connectivity index (χ1) is 11.9. The van der Waals surface area contributed by atoms with Crippen LogP contribution in [0.4, 0.5) is 0 Å². The van der Waals surface area contributed by atoms with E-state index < -0.39 is 0 Å². The number of hydrogen-bond donors (Lipinski definition) is 0. The molecule has 1 heterocycles. The van der Waals surface area contributed by atoms with Crippen LogP contribution in [0.1, 0.15) is 104 Å². The molecule has 0 bridgehead atoms.